The second-order valence-electron chi connectivity index (χ2n) is 4.22. The van der Waals surface area contributed by atoms with Crippen LogP contribution in [0.2, 0.25) is 0 Å². The van der Waals surface area contributed by atoms with E-state index in [1.54, 1.807) is 0 Å². The van der Waals surface area contributed by atoms with Crippen molar-refractivity contribution in [3.63, 3.8) is 0 Å². The molecule has 0 aliphatic heterocycles. The standard InChI is InChI=1S/C15H15N4.ClH/c1-2-15-16-18(13-9-5-3-6-10-13)19(17-15)14-11-7-4-8-12-14;/h3-12H,2H2,1H3;1H/q+1;/p-1. The van der Waals surface area contributed by atoms with Crippen LogP contribution in [0.5, 0.6) is 0 Å². The van der Waals surface area contributed by atoms with Gasteiger partial charge in [-0.05, 0) is 34.2 Å². The summed E-state index contributed by atoms with van der Waals surface area (Å²) in [5.41, 5.74) is 2.00. The van der Waals surface area contributed by atoms with Crippen LogP contribution in [0.4, 0.5) is 0 Å². The smallest absolute Gasteiger partial charge is 0.309 e. The number of aromatic nitrogens is 4. The van der Waals surface area contributed by atoms with E-state index in [0.29, 0.717) is 0 Å². The summed E-state index contributed by atoms with van der Waals surface area (Å²) in [5, 5.41) is 9.09. The van der Waals surface area contributed by atoms with E-state index >= 15 is 0 Å². The summed E-state index contributed by atoms with van der Waals surface area (Å²) in [6.07, 6.45) is 0.812. The topological polar surface area (TPSA) is 34.6 Å². The molecular weight excluding hydrogens is 272 g/mol. The third kappa shape index (κ3) is 2.70. The van der Waals surface area contributed by atoms with Crippen molar-refractivity contribution < 1.29 is 17.2 Å². The normalized spacial score (nSPS) is 10.1. The highest BCUT2D eigenvalue weighted by Gasteiger charge is 2.20. The Labute approximate surface area is 124 Å². The molecule has 1 heterocycles. The zero-order valence-electron chi connectivity index (χ0n) is 11.1. The second kappa shape index (κ2) is 6.30. The zero-order valence-corrected chi connectivity index (χ0v) is 11.9. The molecule has 0 amide bonds. The Bertz CT molecular complexity index is 608. The highest BCUT2D eigenvalue weighted by Crippen LogP contribution is 2.05. The molecule has 0 spiro atoms. The molecule has 0 atom stereocenters. The van der Waals surface area contributed by atoms with Crippen molar-refractivity contribution in [3.8, 4) is 11.4 Å². The Morgan fingerprint density at radius 1 is 0.950 bits per heavy atom. The van der Waals surface area contributed by atoms with Crippen molar-refractivity contribution in [3.05, 3.63) is 66.5 Å². The Kier molecular flexibility index (Phi) is 4.48. The van der Waals surface area contributed by atoms with E-state index in [2.05, 4.69) is 17.1 Å². The molecule has 0 unspecified atom stereocenters. The molecule has 0 saturated heterocycles. The first-order valence-corrected chi connectivity index (χ1v) is 6.38. The second-order valence-corrected chi connectivity index (χ2v) is 4.22. The zero-order chi connectivity index (χ0) is 13.1. The lowest BCUT2D eigenvalue weighted by Gasteiger charge is -1.98. The van der Waals surface area contributed by atoms with Gasteiger partial charge in [-0.2, -0.15) is 0 Å². The summed E-state index contributed by atoms with van der Waals surface area (Å²) in [7, 11) is 0. The lowest BCUT2D eigenvalue weighted by molar-refractivity contribution is -0.735. The number of benzene rings is 2. The minimum atomic E-state index is 0. The summed E-state index contributed by atoms with van der Waals surface area (Å²) in [5.74, 6) is 0.827. The maximum absolute atomic E-state index is 4.54. The van der Waals surface area contributed by atoms with Crippen LogP contribution in [0, 0.1) is 0 Å². The first-order chi connectivity index (χ1) is 9.38. The van der Waals surface area contributed by atoms with Crippen molar-refractivity contribution in [1.29, 1.82) is 0 Å². The average Bonchev–Trinajstić information content (AvgIpc) is 2.93. The van der Waals surface area contributed by atoms with Crippen LogP contribution in [0.15, 0.2) is 60.7 Å². The minimum Gasteiger partial charge on any atom is -1.00 e. The molecule has 4 nitrogen and oxygen atoms in total. The van der Waals surface area contributed by atoms with E-state index in [-0.39, 0.29) is 12.4 Å². The summed E-state index contributed by atoms with van der Waals surface area (Å²) in [6.45, 7) is 2.06. The molecule has 0 aliphatic rings. The maximum Gasteiger partial charge on any atom is 0.309 e. The maximum atomic E-state index is 4.54. The Morgan fingerprint density at radius 3 is 2.15 bits per heavy atom. The summed E-state index contributed by atoms with van der Waals surface area (Å²) in [4.78, 5) is 3.66. The number of aryl methyl sites for hydroxylation is 1. The molecule has 0 radical (unpaired) electrons. The van der Waals surface area contributed by atoms with Gasteiger partial charge in [0.1, 0.15) is 5.69 Å². The predicted molar refractivity (Wildman–Crippen MR) is 72.3 cm³/mol. The van der Waals surface area contributed by atoms with Gasteiger partial charge in [0, 0.05) is 11.2 Å². The molecule has 0 saturated carbocycles. The van der Waals surface area contributed by atoms with E-state index in [9.17, 15) is 0 Å². The lowest BCUT2D eigenvalue weighted by atomic mass is 10.3. The molecule has 3 aromatic rings. The van der Waals surface area contributed by atoms with Crippen molar-refractivity contribution >= 4 is 0 Å². The highest BCUT2D eigenvalue weighted by molar-refractivity contribution is 5.28. The number of rotatable bonds is 3. The van der Waals surface area contributed by atoms with Gasteiger partial charge in [0.05, 0.1) is 5.10 Å². The molecular formula is C15H15ClN4. The largest absolute Gasteiger partial charge is 1.00 e. The summed E-state index contributed by atoms with van der Waals surface area (Å²) < 4.78 is 0. The molecule has 0 bridgehead atoms. The fraction of sp³-hybridized carbons (Fsp3) is 0.133. The molecule has 20 heavy (non-hydrogen) atoms. The molecule has 5 heteroatoms. The average molecular weight is 287 g/mol. The molecule has 102 valence electrons. The van der Waals surface area contributed by atoms with Crippen LogP contribution in [0.25, 0.3) is 11.4 Å². The number of hydrogen-bond acceptors (Lipinski definition) is 2. The summed E-state index contributed by atoms with van der Waals surface area (Å²) in [6, 6.07) is 20.1. The van der Waals surface area contributed by atoms with Crippen molar-refractivity contribution in [2.45, 2.75) is 13.3 Å². The van der Waals surface area contributed by atoms with Crippen LogP contribution in [0.3, 0.4) is 0 Å². The molecule has 3 rings (SSSR count). The van der Waals surface area contributed by atoms with E-state index in [4.69, 9.17) is 0 Å². The highest BCUT2D eigenvalue weighted by atomic mass is 35.5. The van der Waals surface area contributed by atoms with E-state index in [1.165, 1.54) is 0 Å². The van der Waals surface area contributed by atoms with Crippen LogP contribution in [-0.2, 0) is 6.42 Å². The summed E-state index contributed by atoms with van der Waals surface area (Å²) >= 11 is 0. The van der Waals surface area contributed by atoms with Crippen molar-refractivity contribution in [2.75, 3.05) is 0 Å². The molecule has 2 aromatic carbocycles. The molecule has 1 aromatic heterocycles. The van der Waals surface area contributed by atoms with Crippen molar-refractivity contribution in [1.82, 2.24) is 15.0 Å². The third-order valence-electron chi connectivity index (χ3n) is 2.89. The first kappa shape index (κ1) is 14.2. The molecule has 0 aliphatic carbocycles. The van der Waals surface area contributed by atoms with Crippen molar-refractivity contribution in [2.24, 2.45) is 0 Å². The third-order valence-corrected chi connectivity index (χ3v) is 2.89. The molecule has 0 fully saturated rings. The monoisotopic (exact) mass is 286 g/mol. The van der Waals surface area contributed by atoms with E-state index < -0.39 is 0 Å². The lowest BCUT2D eigenvalue weighted by Crippen LogP contribution is -3.00. The van der Waals surface area contributed by atoms with Crippen LogP contribution >= 0.6 is 0 Å². The van der Waals surface area contributed by atoms with Gasteiger partial charge in [-0.25, -0.2) is 0 Å². The van der Waals surface area contributed by atoms with E-state index in [0.717, 1.165) is 23.6 Å². The number of halogens is 1. The Morgan fingerprint density at radius 2 is 1.55 bits per heavy atom. The fourth-order valence-electron chi connectivity index (χ4n) is 1.92. The SMILES string of the molecule is CCc1nn(-c2ccccc2)[n+](-c2ccccc2)n1.[Cl-]. The number of para-hydroxylation sites is 2. The van der Waals surface area contributed by atoms with Gasteiger partial charge in [0.2, 0.25) is 0 Å². The van der Waals surface area contributed by atoms with Gasteiger partial charge in [-0.3, -0.25) is 0 Å². The van der Waals surface area contributed by atoms with Gasteiger partial charge < -0.3 is 12.4 Å². The van der Waals surface area contributed by atoms with Crippen LogP contribution in [-0.4, -0.2) is 15.0 Å². The Balaban J connectivity index is 0.00000147. The first-order valence-electron chi connectivity index (χ1n) is 6.38. The fourth-order valence-corrected chi connectivity index (χ4v) is 1.92. The van der Waals surface area contributed by atoms with E-state index in [1.807, 2.05) is 70.3 Å². The Hall–Kier alpha value is -2.20. The minimum absolute atomic E-state index is 0. The number of tetrazole rings is 1. The van der Waals surface area contributed by atoms with Gasteiger partial charge in [-0.1, -0.05) is 43.3 Å². The molecule has 0 N–H and O–H groups in total. The number of hydrogen-bond donors (Lipinski definition) is 0. The van der Waals surface area contributed by atoms with Gasteiger partial charge >= 0.3 is 5.82 Å². The van der Waals surface area contributed by atoms with Gasteiger partial charge in [0.15, 0.2) is 5.69 Å². The quantitative estimate of drug-likeness (QED) is 0.586. The predicted octanol–water partition coefficient (Wildman–Crippen LogP) is -0.890. The van der Waals surface area contributed by atoms with Gasteiger partial charge in [-0.15, -0.1) is 0 Å². The number of nitrogens with zero attached hydrogens (tertiary/aromatic N) is 4. The van der Waals surface area contributed by atoms with Crippen LogP contribution in [0.1, 0.15) is 12.7 Å². The van der Waals surface area contributed by atoms with Crippen LogP contribution < -0.4 is 17.2 Å². The van der Waals surface area contributed by atoms with Gasteiger partial charge in [0.25, 0.3) is 0 Å².